The molecule has 0 aromatic heterocycles. The van der Waals surface area contributed by atoms with Crippen molar-refractivity contribution in [2.75, 3.05) is 26.2 Å². The second kappa shape index (κ2) is 6.57. The van der Waals surface area contributed by atoms with Crippen LogP contribution in [0.4, 0.5) is 0 Å². The van der Waals surface area contributed by atoms with Crippen molar-refractivity contribution in [3.63, 3.8) is 0 Å². The van der Waals surface area contributed by atoms with Gasteiger partial charge in [0.25, 0.3) is 5.91 Å². The maximum absolute atomic E-state index is 11.9. The number of phenols is 1. The zero-order valence-electron chi connectivity index (χ0n) is 11.4. The summed E-state index contributed by atoms with van der Waals surface area (Å²) < 4.78 is 0. The van der Waals surface area contributed by atoms with E-state index in [-0.39, 0.29) is 11.7 Å². The number of rotatable bonds is 5. The molecular weight excluding hydrogens is 240 g/mol. The summed E-state index contributed by atoms with van der Waals surface area (Å²) in [5.41, 5.74) is 0.343. The highest BCUT2D eigenvalue weighted by Crippen LogP contribution is 2.15. The van der Waals surface area contributed by atoms with Gasteiger partial charge in [0.05, 0.1) is 5.56 Å². The van der Waals surface area contributed by atoms with Crippen LogP contribution in [0.2, 0.25) is 0 Å². The minimum Gasteiger partial charge on any atom is -0.507 e. The van der Waals surface area contributed by atoms with Gasteiger partial charge in [0, 0.05) is 13.1 Å². The molecule has 0 spiro atoms. The molecule has 0 radical (unpaired) electrons. The summed E-state index contributed by atoms with van der Waals surface area (Å²) in [6, 6.07) is 6.63. The zero-order valence-corrected chi connectivity index (χ0v) is 11.4. The third-order valence-electron chi connectivity index (χ3n) is 3.53. The number of amides is 1. The van der Waals surface area contributed by atoms with Crippen LogP contribution in [0.5, 0.6) is 5.75 Å². The molecule has 0 bridgehead atoms. The molecule has 1 atom stereocenters. The third kappa shape index (κ3) is 3.96. The molecule has 19 heavy (non-hydrogen) atoms. The maximum Gasteiger partial charge on any atom is 0.255 e. The van der Waals surface area contributed by atoms with E-state index >= 15 is 0 Å². The summed E-state index contributed by atoms with van der Waals surface area (Å²) in [5, 5.41) is 12.5. The molecule has 2 rings (SSSR count). The molecule has 104 valence electrons. The molecule has 1 aliphatic heterocycles. The highest BCUT2D eigenvalue weighted by atomic mass is 16.3. The number of carbonyl (C=O) groups is 1. The van der Waals surface area contributed by atoms with Gasteiger partial charge in [-0.1, -0.05) is 19.1 Å². The predicted molar refractivity (Wildman–Crippen MR) is 75.3 cm³/mol. The first kappa shape index (κ1) is 13.9. The molecule has 2 N–H and O–H groups in total. The molecule has 1 unspecified atom stereocenters. The van der Waals surface area contributed by atoms with E-state index in [1.807, 2.05) is 0 Å². The van der Waals surface area contributed by atoms with Gasteiger partial charge >= 0.3 is 0 Å². The smallest absolute Gasteiger partial charge is 0.255 e. The summed E-state index contributed by atoms with van der Waals surface area (Å²) in [4.78, 5) is 14.4. The van der Waals surface area contributed by atoms with Gasteiger partial charge in [0.1, 0.15) is 5.75 Å². The lowest BCUT2D eigenvalue weighted by molar-refractivity contribution is 0.0942. The number of phenolic OH excluding ortho intramolecular Hbond substituents is 1. The molecule has 1 aliphatic rings. The molecule has 1 aromatic carbocycles. The lowest BCUT2D eigenvalue weighted by atomic mass is 10.1. The molecule has 1 saturated heterocycles. The fourth-order valence-electron chi connectivity index (χ4n) is 2.50. The number of benzene rings is 1. The van der Waals surface area contributed by atoms with Crippen molar-refractivity contribution in [1.29, 1.82) is 0 Å². The number of nitrogens with one attached hydrogen (secondary N) is 1. The Morgan fingerprint density at radius 1 is 1.37 bits per heavy atom. The van der Waals surface area contributed by atoms with Crippen LogP contribution < -0.4 is 5.32 Å². The van der Waals surface area contributed by atoms with Crippen LogP contribution in [0.25, 0.3) is 0 Å². The fourth-order valence-corrected chi connectivity index (χ4v) is 2.50. The van der Waals surface area contributed by atoms with Crippen molar-refractivity contribution in [2.24, 2.45) is 5.92 Å². The van der Waals surface area contributed by atoms with E-state index in [2.05, 4.69) is 17.1 Å². The fraction of sp³-hybridized carbons (Fsp3) is 0.533. The first-order chi connectivity index (χ1) is 9.16. The van der Waals surface area contributed by atoms with Gasteiger partial charge in [-0.05, 0) is 44.0 Å². The third-order valence-corrected chi connectivity index (χ3v) is 3.53. The number of carbonyl (C=O) groups excluding carboxylic acids is 1. The van der Waals surface area contributed by atoms with Gasteiger partial charge in [-0.15, -0.1) is 0 Å². The maximum atomic E-state index is 11.9. The summed E-state index contributed by atoms with van der Waals surface area (Å²) >= 11 is 0. The van der Waals surface area contributed by atoms with Gasteiger partial charge < -0.3 is 15.3 Å². The minimum absolute atomic E-state index is 0.0344. The number of aromatic hydroxyl groups is 1. The van der Waals surface area contributed by atoms with Crippen LogP contribution >= 0.6 is 0 Å². The molecule has 1 fully saturated rings. The molecule has 1 amide bonds. The number of nitrogens with zero attached hydrogens (tertiary/aromatic N) is 1. The Morgan fingerprint density at radius 2 is 2.05 bits per heavy atom. The highest BCUT2D eigenvalue weighted by molar-refractivity contribution is 5.96. The van der Waals surface area contributed by atoms with Crippen molar-refractivity contribution in [3.05, 3.63) is 29.8 Å². The van der Waals surface area contributed by atoms with Gasteiger partial charge in [0.15, 0.2) is 0 Å². The normalized spacial score (nSPS) is 17.3. The van der Waals surface area contributed by atoms with Gasteiger partial charge in [-0.2, -0.15) is 0 Å². The molecule has 4 heteroatoms. The summed E-state index contributed by atoms with van der Waals surface area (Å²) in [7, 11) is 0. The molecule has 4 nitrogen and oxygen atoms in total. The predicted octanol–water partition coefficient (Wildman–Crippen LogP) is 1.85. The van der Waals surface area contributed by atoms with Crippen molar-refractivity contribution < 1.29 is 9.90 Å². The minimum atomic E-state index is -0.202. The van der Waals surface area contributed by atoms with E-state index in [4.69, 9.17) is 0 Å². The van der Waals surface area contributed by atoms with E-state index in [0.717, 1.165) is 6.54 Å². The standard InChI is InChI=1S/C15H22N2O2/c1-12(11-17-8-4-5-9-17)10-16-15(19)13-6-2-3-7-14(13)18/h2-3,6-7,12,18H,4-5,8-11H2,1H3,(H,16,19). The lowest BCUT2D eigenvalue weighted by Gasteiger charge is -2.20. The highest BCUT2D eigenvalue weighted by Gasteiger charge is 2.16. The van der Waals surface area contributed by atoms with Gasteiger partial charge in [-0.3, -0.25) is 4.79 Å². The first-order valence-electron chi connectivity index (χ1n) is 6.95. The van der Waals surface area contributed by atoms with E-state index in [1.54, 1.807) is 18.2 Å². The topological polar surface area (TPSA) is 52.6 Å². The first-order valence-corrected chi connectivity index (χ1v) is 6.95. The summed E-state index contributed by atoms with van der Waals surface area (Å²) in [6.07, 6.45) is 2.58. The Hall–Kier alpha value is -1.55. The van der Waals surface area contributed by atoms with Crippen LogP contribution in [-0.4, -0.2) is 42.1 Å². The van der Waals surface area contributed by atoms with Crippen molar-refractivity contribution in [3.8, 4) is 5.75 Å². The summed E-state index contributed by atoms with van der Waals surface area (Å²) in [6.45, 7) is 6.17. The molecular formula is C15H22N2O2. The Balaban J connectivity index is 1.78. The number of hydrogen-bond acceptors (Lipinski definition) is 3. The SMILES string of the molecule is CC(CNC(=O)c1ccccc1O)CN1CCCC1. The Bertz CT molecular complexity index is 428. The number of hydrogen-bond donors (Lipinski definition) is 2. The zero-order chi connectivity index (χ0) is 13.7. The Kier molecular flexibility index (Phi) is 4.80. The average molecular weight is 262 g/mol. The molecule has 1 heterocycles. The van der Waals surface area contributed by atoms with E-state index in [1.165, 1.54) is 32.0 Å². The van der Waals surface area contributed by atoms with E-state index in [0.29, 0.717) is 18.0 Å². The van der Waals surface area contributed by atoms with Crippen molar-refractivity contribution >= 4 is 5.91 Å². The van der Waals surface area contributed by atoms with Gasteiger partial charge in [-0.25, -0.2) is 0 Å². The summed E-state index contributed by atoms with van der Waals surface area (Å²) in [5.74, 6) is 0.256. The van der Waals surface area contributed by atoms with E-state index < -0.39 is 0 Å². The molecule has 0 aliphatic carbocycles. The lowest BCUT2D eigenvalue weighted by Crippen LogP contribution is -2.34. The largest absolute Gasteiger partial charge is 0.507 e. The van der Waals surface area contributed by atoms with Crippen LogP contribution in [-0.2, 0) is 0 Å². The second-order valence-corrected chi connectivity index (χ2v) is 5.34. The molecule has 1 aromatic rings. The monoisotopic (exact) mass is 262 g/mol. The number of likely N-dealkylation sites (tertiary alicyclic amines) is 1. The average Bonchev–Trinajstić information content (AvgIpc) is 2.89. The Morgan fingerprint density at radius 3 is 2.74 bits per heavy atom. The molecule has 0 saturated carbocycles. The van der Waals surface area contributed by atoms with Crippen molar-refractivity contribution in [2.45, 2.75) is 19.8 Å². The van der Waals surface area contributed by atoms with Crippen molar-refractivity contribution in [1.82, 2.24) is 10.2 Å². The second-order valence-electron chi connectivity index (χ2n) is 5.34. The van der Waals surface area contributed by atoms with E-state index in [9.17, 15) is 9.90 Å². The quantitative estimate of drug-likeness (QED) is 0.851. The van der Waals surface area contributed by atoms with Crippen LogP contribution in [0.15, 0.2) is 24.3 Å². The van der Waals surface area contributed by atoms with Crippen LogP contribution in [0, 0.1) is 5.92 Å². The number of para-hydroxylation sites is 1. The van der Waals surface area contributed by atoms with Gasteiger partial charge in [0.2, 0.25) is 0 Å². The van der Waals surface area contributed by atoms with Crippen LogP contribution in [0.1, 0.15) is 30.1 Å². The Labute approximate surface area is 114 Å². The van der Waals surface area contributed by atoms with Crippen LogP contribution in [0.3, 0.4) is 0 Å².